The van der Waals surface area contributed by atoms with Gasteiger partial charge in [-0.2, -0.15) is 0 Å². The monoisotopic (exact) mass is 342 g/mol. The van der Waals surface area contributed by atoms with Crippen LogP contribution in [0.1, 0.15) is 28.9 Å². The van der Waals surface area contributed by atoms with Crippen LogP contribution in [0.2, 0.25) is 0 Å². The molecule has 1 unspecified atom stereocenters. The van der Waals surface area contributed by atoms with E-state index in [-0.39, 0.29) is 11.9 Å². The zero-order valence-corrected chi connectivity index (χ0v) is 13.1. The van der Waals surface area contributed by atoms with E-state index in [4.69, 9.17) is 0 Å². The number of rotatable bonds is 3. The number of fused-ring (bicyclic) bond motifs is 1. The number of carbonyl (C=O) groups excluding carboxylic acids is 1. The van der Waals surface area contributed by atoms with Crippen LogP contribution in [-0.4, -0.2) is 10.9 Å². The molecule has 3 aromatic rings. The van der Waals surface area contributed by atoms with Gasteiger partial charge in [-0.15, -0.1) is 0 Å². The summed E-state index contributed by atoms with van der Waals surface area (Å²) in [6, 6.07) is 15.5. The molecule has 3 nitrogen and oxygen atoms in total. The highest BCUT2D eigenvalue weighted by molar-refractivity contribution is 9.10. The Morgan fingerprint density at radius 1 is 1.19 bits per heavy atom. The Balaban J connectivity index is 1.79. The molecule has 1 aromatic heterocycles. The van der Waals surface area contributed by atoms with Gasteiger partial charge < -0.3 is 10.3 Å². The fraction of sp³-hybridized carbons (Fsp3) is 0.118. The average Bonchev–Trinajstić information content (AvgIpc) is 2.94. The van der Waals surface area contributed by atoms with Gasteiger partial charge in [0.25, 0.3) is 5.91 Å². The van der Waals surface area contributed by atoms with Crippen molar-refractivity contribution in [3.05, 3.63) is 70.3 Å². The van der Waals surface area contributed by atoms with Crippen LogP contribution in [0, 0.1) is 0 Å². The predicted molar refractivity (Wildman–Crippen MR) is 88.3 cm³/mol. The molecule has 1 atom stereocenters. The lowest BCUT2D eigenvalue weighted by molar-refractivity contribution is 0.0940. The minimum Gasteiger partial charge on any atom is -0.361 e. The smallest absolute Gasteiger partial charge is 0.251 e. The van der Waals surface area contributed by atoms with Crippen LogP contribution >= 0.6 is 15.9 Å². The van der Waals surface area contributed by atoms with Gasteiger partial charge >= 0.3 is 0 Å². The van der Waals surface area contributed by atoms with Crippen LogP contribution in [0.3, 0.4) is 0 Å². The topological polar surface area (TPSA) is 44.9 Å². The van der Waals surface area contributed by atoms with E-state index in [1.807, 2.05) is 61.7 Å². The van der Waals surface area contributed by atoms with E-state index in [0.29, 0.717) is 5.56 Å². The van der Waals surface area contributed by atoms with Gasteiger partial charge in [-0.1, -0.05) is 28.1 Å². The minimum absolute atomic E-state index is 0.0445. The van der Waals surface area contributed by atoms with E-state index >= 15 is 0 Å². The van der Waals surface area contributed by atoms with Gasteiger partial charge in [-0.3, -0.25) is 4.79 Å². The highest BCUT2D eigenvalue weighted by Crippen LogP contribution is 2.19. The molecule has 1 heterocycles. The number of halogens is 1. The zero-order chi connectivity index (χ0) is 14.8. The third-order valence-corrected chi connectivity index (χ3v) is 4.01. The van der Waals surface area contributed by atoms with E-state index in [1.165, 1.54) is 0 Å². The molecular weight excluding hydrogens is 328 g/mol. The van der Waals surface area contributed by atoms with Crippen molar-refractivity contribution >= 4 is 32.7 Å². The lowest BCUT2D eigenvalue weighted by Crippen LogP contribution is -2.26. The highest BCUT2D eigenvalue weighted by Gasteiger charge is 2.12. The molecule has 0 radical (unpaired) electrons. The molecule has 4 heteroatoms. The molecule has 0 aliphatic rings. The maximum absolute atomic E-state index is 12.3. The Bertz CT molecular complexity index is 794. The van der Waals surface area contributed by atoms with Gasteiger partial charge in [0, 0.05) is 27.1 Å². The van der Waals surface area contributed by atoms with E-state index in [0.717, 1.165) is 20.9 Å². The van der Waals surface area contributed by atoms with Crippen molar-refractivity contribution in [2.24, 2.45) is 0 Å². The molecule has 0 bridgehead atoms. The summed E-state index contributed by atoms with van der Waals surface area (Å²) >= 11 is 3.45. The first-order chi connectivity index (χ1) is 10.1. The molecule has 0 saturated carbocycles. The van der Waals surface area contributed by atoms with Crippen molar-refractivity contribution in [3.63, 3.8) is 0 Å². The summed E-state index contributed by atoms with van der Waals surface area (Å²) in [7, 11) is 0. The van der Waals surface area contributed by atoms with Gasteiger partial charge in [0.05, 0.1) is 6.04 Å². The fourth-order valence-corrected chi connectivity index (χ4v) is 2.75. The molecule has 1 amide bonds. The predicted octanol–water partition coefficient (Wildman–Crippen LogP) is 4.42. The van der Waals surface area contributed by atoms with Crippen LogP contribution in [0.25, 0.3) is 10.9 Å². The third kappa shape index (κ3) is 3.00. The van der Waals surface area contributed by atoms with Crippen molar-refractivity contribution in [1.29, 1.82) is 0 Å². The Morgan fingerprint density at radius 2 is 2.05 bits per heavy atom. The second-order valence-corrected chi connectivity index (χ2v) is 5.95. The summed E-state index contributed by atoms with van der Waals surface area (Å²) in [4.78, 5) is 15.5. The number of aromatic amines is 1. The number of hydrogen-bond donors (Lipinski definition) is 2. The molecule has 0 spiro atoms. The van der Waals surface area contributed by atoms with Gasteiger partial charge in [-0.05, 0) is 48.9 Å². The summed E-state index contributed by atoms with van der Waals surface area (Å²) in [5.74, 6) is -0.0643. The van der Waals surface area contributed by atoms with Gasteiger partial charge in [0.15, 0.2) is 0 Å². The first kappa shape index (κ1) is 13.9. The van der Waals surface area contributed by atoms with E-state index in [1.54, 1.807) is 0 Å². The third-order valence-electron chi connectivity index (χ3n) is 3.51. The number of carbonyl (C=O) groups is 1. The normalized spacial score (nSPS) is 12.3. The fourth-order valence-electron chi connectivity index (χ4n) is 2.33. The Hall–Kier alpha value is -2.07. The summed E-state index contributed by atoms with van der Waals surface area (Å²) in [5, 5.41) is 4.07. The molecule has 0 aliphatic heterocycles. The molecule has 0 aliphatic carbocycles. The minimum atomic E-state index is -0.0643. The first-order valence-corrected chi connectivity index (χ1v) is 7.56. The molecule has 0 fully saturated rings. The molecule has 21 heavy (non-hydrogen) atoms. The summed E-state index contributed by atoms with van der Waals surface area (Å²) in [5.41, 5.74) is 2.77. The molecular formula is C17H15BrN2O. The van der Waals surface area contributed by atoms with Crippen molar-refractivity contribution < 1.29 is 4.79 Å². The van der Waals surface area contributed by atoms with Crippen molar-refractivity contribution in [2.75, 3.05) is 0 Å². The first-order valence-electron chi connectivity index (χ1n) is 6.77. The highest BCUT2D eigenvalue weighted by atomic mass is 79.9. The Kier molecular flexibility index (Phi) is 3.80. The van der Waals surface area contributed by atoms with Crippen molar-refractivity contribution in [1.82, 2.24) is 10.3 Å². The SMILES string of the molecule is CC(NC(=O)c1ccc2[nH]ccc2c1)c1cccc(Br)c1. The maximum atomic E-state index is 12.3. The lowest BCUT2D eigenvalue weighted by atomic mass is 10.1. The number of hydrogen-bond acceptors (Lipinski definition) is 1. The lowest BCUT2D eigenvalue weighted by Gasteiger charge is -2.14. The summed E-state index contributed by atoms with van der Waals surface area (Å²) in [6.45, 7) is 1.98. The molecule has 0 saturated heterocycles. The molecule has 2 aromatic carbocycles. The van der Waals surface area contributed by atoms with Crippen molar-refractivity contribution in [3.8, 4) is 0 Å². The van der Waals surface area contributed by atoms with E-state index in [9.17, 15) is 4.79 Å². The quantitative estimate of drug-likeness (QED) is 0.726. The number of aromatic nitrogens is 1. The van der Waals surface area contributed by atoms with E-state index < -0.39 is 0 Å². The molecule has 106 valence electrons. The maximum Gasteiger partial charge on any atom is 0.251 e. The number of benzene rings is 2. The second kappa shape index (κ2) is 5.74. The summed E-state index contributed by atoms with van der Waals surface area (Å²) < 4.78 is 1.01. The average molecular weight is 343 g/mol. The van der Waals surface area contributed by atoms with Gasteiger partial charge in [0.2, 0.25) is 0 Å². The van der Waals surface area contributed by atoms with Crippen molar-refractivity contribution in [2.45, 2.75) is 13.0 Å². The zero-order valence-electron chi connectivity index (χ0n) is 11.6. The summed E-state index contributed by atoms with van der Waals surface area (Å²) in [6.07, 6.45) is 1.87. The molecule has 3 rings (SSSR count). The number of H-pyrrole nitrogens is 1. The molecule has 2 N–H and O–H groups in total. The largest absolute Gasteiger partial charge is 0.361 e. The number of nitrogens with one attached hydrogen (secondary N) is 2. The van der Waals surface area contributed by atoms with Crippen LogP contribution in [0.15, 0.2) is 59.2 Å². The van der Waals surface area contributed by atoms with Crippen LogP contribution in [0.4, 0.5) is 0 Å². The van der Waals surface area contributed by atoms with E-state index in [2.05, 4.69) is 26.2 Å². The Labute approximate surface area is 131 Å². The van der Waals surface area contributed by atoms with Crippen LogP contribution in [-0.2, 0) is 0 Å². The second-order valence-electron chi connectivity index (χ2n) is 5.03. The Morgan fingerprint density at radius 3 is 2.86 bits per heavy atom. The van der Waals surface area contributed by atoms with Crippen LogP contribution in [0.5, 0.6) is 0 Å². The van der Waals surface area contributed by atoms with Gasteiger partial charge in [0.1, 0.15) is 0 Å². The standard InChI is InChI=1S/C17H15BrN2O/c1-11(12-3-2-4-15(18)10-12)20-17(21)14-5-6-16-13(9-14)7-8-19-16/h2-11,19H,1H3,(H,20,21). The van der Waals surface area contributed by atoms with Gasteiger partial charge in [-0.25, -0.2) is 0 Å². The van der Waals surface area contributed by atoms with Crippen LogP contribution < -0.4 is 5.32 Å². The number of amides is 1.